The maximum atomic E-state index is 5.00. The molecule has 140 valence electrons. The minimum atomic E-state index is 0.266. The first kappa shape index (κ1) is 17.6. The Bertz CT molecular complexity index is 1320. The Hall–Kier alpha value is -3.52. The van der Waals surface area contributed by atoms with E-state index < -0.39 is 0 Å². The molecule has 0 atom stereocenters. The minimum absolute atomic E-state index is 0.266. The number of rotatable bonds is 3. The number of benzene rings is 4. The summed E-state index contributed by atoms with van der Waals surface area (Å²) >= 11 is 0. The summed E-state index contributed by atoms with van der Waals surface area (Å²) in [6.07, 6.45) is 0. The lowest BCUT2D eigenvalue weighted by Crippen LogP contribution is -2.01. The highest BCUT2D eigenvalue weighted by molar-refractivity contribution is 6.02. The second-order valence-electron chi connectivity index (χ2n) is 7.75. The molecule has 1 aromatic heterocycles. The summed E-state index contributed by atoms with van der Waals surface area (Å²) in [5, 5.41) is 3.51. The topological polar surface area (TPSA) is 25.8 Å². The van der Waals surface area contributed by atoms with E-state index >= 15 is 0 Å². The summed E-state index contributed by atoms with van der Waals surface area (Å²) < 4.78 is 0. The van der Waals surface area contributed by atoms with E-state index in [1.165, 1.54) is 21.9 Å². The fraction of sp³-hybridized carbons (Fsp3) is 0.111. The minimum Gasteiger partial charge on any atom is -0.233 e. The zero-order valence-corrected chi connectivity index (χ0v) is 16.6. The maximum Gasteiger partial charge on any atom is 0.132 e. The first-order valence-electron chi connectivity index (χ1n) is 10.1. The van der Waals surface area contributed by atoms with Gasteiger partial charge in [-0.05, 0) is 40.1 Å². The molecule has 5 aromatic rings. The molecule has 2 nitrogen and oxygen atoms in total. The zero-order valence-electron chi connectivity index (χ0n) is 16.6. The van der Waals surface area contributed by atoms with E-state index in [1.54, 1.807) is 0 Å². The quantitative estimate of drug-likeness (QED) is 0.311. The molecule has 0 aliphatic carbocycles. The molecule has 5 rings (SSSR count). The number of nitrogens with zero attached hydrogens (tertiary/aromatic N) is 2. The van der Waals surface area contributed by atoms with Crippen LogP contribution in [0.4, 0.5) is 0 Å². The highest BCUT2D eigenvalue weighted by Gasteiger charge is 2.14. The molecule has 0 radical (unpaired) electrons. The van der Waals surface area contributed by atoms with E-state index in [0.717, 1.165) is 28.0 Å². The van der Waals surface area contributed by atoms with Gasteiger partial charge in [-0.3, -0.25) is 0 Å². The van der Waals surface area contributed by atoms with Crippen LogP contribution >= 0.6 is 0 Å². The van der Waals surface area contributed by atoms with Crippen molar-refractivity contribution in [2.75, 3.05) is 0 Å². The Morgan fingerprint density at radius 3 is 2.00 bits per heavy atom. The Balaban J connectivity index is 1.78. The highest BCUT2D eigenvalue weighted by atomic mass is 14.9. The summed E-state index contributed by atoms with van der Waals surface area (Å²) in [7, 11) is 0. The molecule has 0 amide bonds. The molecule has 1 heterocycles. The highest BCUT2D eigenvalue weighted by Crippen LogP contribution is 2.33. The molecule has 0 spiro atoms. The lowest BCUT2D eigenvalue weighted by molar-refractivity contribution is 0.785. The van der Waals surface area contributed by atoms with Crippen LogP contribution in [0.3, 0.4) is 0 Å². The first-order valence-corrected chi connectivity index (χ1v) is 10.1. The van der Waals surface area contributed by atoms with Gasteiger partial charge in [0.2, 0.25) is 0 Å². The van der Waals surface area contributed by atoms with Crippen molar-refractivity contribution in [2.24, 2.45) is 0 Å². The van der Waals surface area contributed by atoms with Crippen molar-refractivity contribution < 1.29 is 0 Å². The van der Waals surface area contributed by atoms with Crippen LogP contribution in [0.1, 0.15) is 25.6 Å². The van der Waals surface area contributed by atoms with Crippen molar-refractivity contribution in [1.82, 2.24) is 9.97 Å². The zero-order chi connectivity index (χ0) is 19.8. The summed E-state index contributed by atoms with van der Waals surface area (Å²) in [5.41, 5.74) is 5.53. The largest absolute Gasteiger partial charge is 0.233 e. The Labute approximate surface area is 170 Å². The van der Waals surface area contributed by atoms with Gasteiger partial charge in [0.05, 0.1) is 11.2 Å². The monoisotopic (exact) mass is 374 g/mol. The Morgan fingerprint density at radius 2 is 1.24 bits per heavy atom. The van der Waals surface area contributed by atoms with Gasteiger partial charge in [0, 0.05) is 16.9 Å². The van der Waals surface area contributed by atoms with Crippen molar-refractivity contribution in [3.63, 3.8) is 0 Å². The standard InChI is InChI=1S/C27H22N2/c1-18(2)27-28-25-17-22-12-7-6-11-21(22)16-24(25)26(29-27)23-14-8-13-20(15-23)19-9-4-3-5-10-19/h3-18H,1-2H3. The number of fused-ring (bicyclic) bond motifs is 2. The van der Waals surface area contributed by atoms with Crippen molar-refractivity contribution in [1.29, 1.82) is 0 Å². The Kier molecular flexibility index (Phi) is 4.33. The van der Waals surface area contributed by atoms with Crippen LogP contribution in [0, 0.1) is 0 Å². The van der Waals surface area contributed by atoms with Gasteiger partial charge in [-0.15, -0.1) is 0 Å². The van der Waals surface area contributed by atoms with Gasteiger partial charge >= 0.3 is 0 Å². The first-order chi connectivity index (χ1) is 14.2. The molecule has 0 aliphatic rings. The third-order valence-electron chi connectivity index (χ3n) is 5.34. The van der Waals surface area contributed by atoms with Gasteiger partial charge in [0.15, 0.2) is 0 Å². The van der Waals surface area contributed by atoms with Crippen LogP contribution in [-0.2, 0) is 0 Å². The van der Waals surface area contributed by atoms with Crippen LogP contribution in [-0.4, -0.2) is 9.97 Å². The summed E-state index contributed by atoms with van der Waals surface area (Å²) in [6, 6.07) is 32.0. The van der Waals surface area contributed by atoms with Gasteiger partial charge in [-0.1, -0.05) is 86.6 Å². The van der Waals surface area contributed by atoms with Crippen molar-refractivity contribution in [3.8, 4) is 22.4 Å². The molecular formula is C27H22N2. The summed E-state index contributed by atoms with van der Waals surface area (Å²) in [4.78, 5) is 9.88. The predicted octanol–water partition coefficient (Wildman–Crippen LogP) is 7.24. The molecule has 0 unspecified atom stereocenters. The van der Waals surface area contributed by atoms with Crippen LogP contribution < -0.4 is 0 Å². The SMILES string of the molecule is CC(C)c1nc(-c2cccc(-c3ccccc3)c2)c2cc3ccccc3cc2n1. The molecule has 4 aromatic carbocycles. The van der Waals surface area contributed by atoms with Gasteiger partial charge in [-0.25, -0.2) is 9.97 Å². The number of hydrogen-bond donors (Lipinski definition) is 0. The molecule has 0 saturated carbocycles. The fourth-order valence-electron chi connectivity index (χ4n) is 3.79. The Morgan fingerprint density at radius 1 is 0.586 bits per heavy atom. The number of hydrogen-bond acceptors (Lipinski definition) is 2. The summed E-state index contributed by atoms with van der Waals surface area (Å²) in [6.45, 7) is 4.29. The molecule has 0 aliphatic heterocycles. The second kappa shape index (κ2) is 7.14. The van der Waals surface area contributed by atoms with E-state index in [2.05, 4.69) is 98.8 Å². The molecule has 29 heavy (non-hydrogen) atoms. The molecule has 0 fully saturated rings. The van der Waals surface area contributed by atoms with E-state index in [0.29, 0.717) is 0 Å². The van der Waals surface area contributed by atoms with E-state index in [1.807, 2.05) is 6.07 Å². The smallest absolute Gasteiger partial charge is 0.132 e. The van der Waals surface area contributed by atoms with E-state index in [9.17, 15) is 0 Å². The van der Waals surface area contributed by atoms with Gasteiger partial charge in [0.25, 0.3) is 0 Å². The van der Waals surface area contributed by atoms with Crippen molar-refractivity contribution >= 4 is 21.7 Å². The predicted molar refractivity (Wildman–Crippen MR) is 122 cm³/mol. The van der Waals surface area contributed by atoms with Crippen LogP contribution in [0.15, 0.2) is 91.0 Å². The van der Waals surface area contributed by atoms with Gasteiger partial charge in [-0.2, -0.15) is 0 Å². The third-order valence-corrected chi connectivity index (χ3v) is 5.34. The van der Waals surface area contributed by atoms with E-state index in [4.69, 9.17) is 9.97 Å². The normalized spacial score (nSPS) is 11.4. The van der Waals surface area contributed by atoms with Crippen molar-refractivity contribution in [3.05, 3.63) is 96.8 Å². The van der Waals surface area contributed by atoms with Crippen LogP contribution in [0.2, 0.25) is 0 Å². The van der Waals surface area contributed by atoms with Crippen LogP contribution in [0.5, 0.6) is 0 Å². The summed E-state index contributed by atoms with van der Waals surface area (Å²) in [5.74, 6) is 1.15. The molecule has 0 saturated heterocycles. The van der Waals surface area contributed by atoms with Crippen LogP contribution in [0.25, 0.3) is 44.1 Å². The molecule has 2 heteroatoms. The second-order valence-corrected chi connectivity index (χ2v) is 7.75. The van der Waals surface area contributed by atoms with E-state index in [-0.39, 0.29) is 5.92 Å². The van der Waals surface area contributed by atoms with Crippen molar-refractivity contribution in [2.45, 2.75) is 19.8 Å². The maximum absolute atomic E-state index is 5.00. The molecule has 0 N–H and O–H groups in total. The van der Waals surface area contributed by atoms with Gasteiger partial charge < -0.3 is 0 Å². The number of aromatic nitrogens is 2. The lowest BCUT2D eigenvalue weighted by atomic mass is 9.98. The molecule has 0 bridgehead atoms. The fourth-order valence-corrected chi connectivity index (χ4v) is 3.79. The average Bonchev–Trinajstić information content (AvgIpc) is 2.77. The molecular weight excluding hydrogens is 352 g/mol. The lowest BCUT2D eigenvalue weighted by Gasteiger charge is -2.13. The third kappa shape index (κ3) is 3.27. The van der Waals surface area contributed by atoms with Gasteiger partial charge in [0.1, 0.15) is 5.82 Å². The average molecular weight is 374 g/mol.